The van der Waals surface area contributed by atoms with Crippen LogP contribution in [0.15, 0.2) is 76.4 Å². The maximum absolute atomic E-state index is 14.4. The monoisotopic (exact) mass is 797 g/mol. The Labute approximate surface area is 328 Å². The van der Waals surface area contributed by atoms with E-state index in [-0.39, 0.29) is 73.4 Å². The molecule has 0 aliphatic carbocycles. The predicted molar refractivity (Wildman–Crippen MR) is 206 cm³/mol. The van der Waals surface area contributed by atoms with E-state index >= 15 is 0 Å². The summed E-state index contributed by atoms with van der Waals surface area (Å²) in [6.45, 7) is 5.28. The number of anilines is 2. The number of furan rings is 1. The van der Waals surface area contributed by atoms with Crippen LogP contribution in [-0.4, -0.2) is 85.2 Å². The highest BCUT2D eigenvalue weighted by atomic mass is 19.4. The molecule has 15 nitrogen and oxygen atoms in total. The van der Waals surface area contributed by atoms with Gasteiger partial charge in [0.1, 0.15) is 25.2 Å². The van der Waals surface area contributed by atoms with Crippen molar-refractivity contribution in [3.63, 3.8) is 0 Å². The Hall–Kier alpha value is -6.56. The molecule has 0 radical (unpaired) electrons. The number of rotatable bonds is 10. The molecule has 6 heterocycles. The maximum atomic E-state index is 14.4. The van der Waals surface area contributed by atoms with Gasteiger partial charge in [0.15, 0.2) is 22.9 Å². The van der Waals surface area contributed by atoms with Gasteiger partial charge in [0.25, 0.3) is 11.5 Å². The van der Waals surface area contributed by atoms with Crippen LogP contribution in [0, 0.1) is 6.92 Å². The van der Waals surface area contributed by atoms with Gasteiger partial charge in [-0.25, -0.2) is 9.97 Å². The molecule has 2 aromatic carbocycles. The number of hydrogen-bond donors (Lipinski definition) is 1. The highest BCUT2D eigenvalue weighted by molar-refractivity contribution is 6.01. The van der Waals surface area contributed by atoms with E-state index < -0.39 is 23.2 Å². The largest absolute Gasteiger partial charge is 0.485 e. The number of piperazine rings is 1. The number of nitrogens with zero attached hydrogens (tertiary/aromatic N) is 8. The molecular weight excluding hydrogens is 759 g/mol. The molecular formula is C40H38F3N9O6. The summed E-state index contributed by atoms with van der Waals surface area (Å²) in [4.78, 5) is 58.9. The molecule has 0 bridgehead atoms. The summed E-state index contributed by atoms with van der Waals surface area (Å²) in [7, 11) is 0. The van der Waals surface area contributed by atoms with Gasteiger partial charge in [0, 0.05) is 31.6 Å². The van der Waals surface area contributed by atoms with Gasteiger partial charge in [0.05, 0.1) is 42.1 Å². The summed E-state index contributed by atoms with van der Waals surface area (Å²) in [5, 5.41) is 7.11. The highest BCUT2D eigenvalue weighted by Crippen LogP contribution is 2.38. The number of amides is 2. The van der Waals surface area contributed by atoms with Crippen LogP contribution >= 0.6 is 0 Å². The highest BCUT2D eigenvalue weighted by Gasteiger charge is 2.34. The quantitative estimate of drug-likeness (QED) is 0.192. The van der Waals surface area contributed by atoms with Crippen molar-refractivity contribution in [3.8, 4) is 5.75 Å². The fourth-order valence-electron chi connectivity index (χ4n) is 7.34. The van der Waals surface area contributed by atoms with E-state index in [4.69, 9.17) is 18.9 Å². The number of ether oxygens (including phenoxy) is 2. The van der Waals surface area contributed by atoms with E-state index in [2.05, 4.69) is 20.4 Å². The van der Waals surface area contributed by atoms with E-state index in [1.54, 1.807) is 16.4 Å². The second-order valence-corrected chi connectivity index (χ2v) is 13.8. The zero-order valence-corrected chi connectivity index (χ0v) is 31.6. The Morgan fingerprint density at radius 1 is 1.02 bits per heavy atom. The van der Waals surface area contributed by atoms with Crippen molar-refractivity contribution in [1.82, 2.24) is 34.0 Å². The molecule has 1 fully saturated rings. The van der Waals surface area contributed by atoms with E-state index in [0.29, 0.717) is 54.7 Å². The number of carbonyl (C=O) groups is 2. The molecule has 1 N–H and O–H groups in total. The lowest BCUT2D eigenvalue weighted by Gasteiger charge is -2.36. The summed E-state index contributed by atoms with van der Waals surface area (Å²) in [6.07, 6.45) is 0.495. The van der Waals surface area contributed by atoms with Crippen molar-refractivity contribution < 1.29 is 36.7 Å². The minimum Gasteiger partial charge on any atom is -0.485 e. The van der Waals surface area contributed by atoms with E-state index in [1.807, 2.05) is 48.2 Å². The average Bonchev–Trinajstić information content (AvgIpc) is 3.91. The Morgan fingerprint density at radius 2 is 1.81 bits per heavy atom. The van der Waals surface area contributed by atoms with Crippen LogP contribution in [0.1, 0.15) is 52.2 Å². The molecule has 0 unspecified atom stereocenters. The number of nitrogens with one attached hydrogen (secondary N) is 1. The number of fused-ring (bicyclic) bond motifs is 2. The van der Waals surface area contributed by atoms with Crippen molar-refractivity contribution in [1.29, 1.82) is 0 Å². The lowest BCUT2D eigenvalue weighted by atomic mass is 10.1. The lowest BCUT2D eigenvalue weighted by molar-refractivity contribution is -0.136. The maximum Gasteiger partial charge on any atom is 0.417 e. The van der Waals surface area contributed by atoms with Crippen LogP contribution in [-0.2, 0) is 35.3 Å². The number of benzene rings is 2. The van der Waals surface area contributed by atoms with Crippen LogP contribution in [0.2, 0.25) is 0 Å². The summed E-state index contributed by atoms with van der Waals surface area (Å²) in [5.41, 5.74) is 1.74. The number of hydrogen-bond acceptors (Lipinski definition) is 11. The number of aryl methyl sites for hydroxylation is 1. The number of carbonyl (C=O) groups excluding carboxylic acids is 2. The molecule has 18 heteroatoms. The molecule has 2 aliphatic heterocycles. The molecule has 8 rings (SSSR count). The van der Waals surface area contributed by atoms with Crippen molar-refractivity contribution in [3.05, 3.63) is 112 Å². The first-order chi connectivity index (χ1) is 28.0. The molecule has 58 heavy (non-hydrogen) atoms. The molecule has 0 saturated carbocycles. The zero-order valence-electron chi connectivity index (χ0n) is 31.6. The van der Waals surface area contributed by atoms with E-state index in [1.165, 1.54) is 16.9 Å². The fourth-order valence-corrected chi connectivity index (χ4v) is 7.34. The SMILES string of the molecule is CCc1c(N2CCN(C(=O)c3ncnc(C)c3OCc3ccccc3)CC2)c(=O)n2nc(C3=CCOCC3)nc2n1CC(=O)Nc1ccc(C(F)(F)F)c2ccoc12. The summed E-state index contributed by atoms with van der Waals surface area (Å²) in [5.74, 6) is -0.207. The predicted octanol–water partition coefficient (Wildman–Crippen LogP) is 5.30. The van der Waals surface area contributed by atoms with Crippen LogP contribution < -0.4 is 20.5 Å². The number of alkyl halides is 3. The Balaban J connectivity index is 1.09. The third-order valence-electron chi connectivity index (χ3n) is 10.2. The van der Waals surface area contributed by atoms with Gasteiger partial charge in [-0.2, -0.15) is 22.7 Å². The van der Waals surface area contributed by atoms with Crippen molar-refractivity contribution in [2.75, 3.05) is 49.6 Å². The minimum atomic E-state index is -4.63. The average molecular weight is 798 g/mol. The normalized spacial score (nSPS) is 14.9. The Bertz CT molecular complexity index is 2610. The molecule has 6 aromatic rings. The summed E-state index contributed by atoms with van der Waals surface area (Å²) in [6, 6.07) is 12.8. The van der Waals surface area contributed by atoms with Gasteiger partial charge in [-0.15, -0.1) is 5.10 Å². The van der Waals surface area contributed by atoms with Crippen molar-refractivity contribution in [2.24, 2.45) is 0 Å². The summed E-state index contributed by atoms with van der Waals surface area (Å²) < 4.78 is 60.8. The van der Waals surface area contributed by atoms with Crippen LogP contribution in [0.25, 0.3) is 22.3 Å². The third kappa shape index (κ3) is 7.37. The van der Waals surface area contributed by atoms with Crippen LogP contribution in [0.4, 0.5) is 24.5 Å². The van der Waals surface area contributed by atoms with Crippen LogP contribution in [0.3, 0.4) is 0 Å². The molecule has 300 valence electrons. The topological polar surface area (TPSA) is 162 Å². The van der Waals surface area contributed by atoms with Crippen molar-refractivity contribution in [2.45, 2.75) is 46.0 Å². The van der Waals surface area contributed by atoms with Gasteiger partial charge >= 0.3 is 6.18 Å². The first-order valence-corrected chi connectivity index (χ1v) is 18.7. The standard InChI is InChI=1S/C40H38F3N9O6/c1-3-30-33(49-14-16-50(17-15-49)37(54)32-34(24(2)44-23-45-32)58-22-25-7-5-4-6-8-25)38(55)52-39(47-36(48-52)26-11-18-56-19-12-26)51(30)21-31(53)46-29-10-9-28(40(41,42)43)27-13-20-57-35(27)29/h4-11,13,20,23H,3,12,14-19,21-22H2,1-2H3,(H,46,53). The fraction of sp³-hybridized carbons (Fsp3) is 0.325. The van der Waals surface area contributed by atoms with Crippen LogP contribution in [0.5, 0.6) is 5.75 Å². The van der Waals surface area contributed by atoms with E-state index in [0.717, 1.165) is 29.5 Å². The smallest absolute Gasteiger partial charge is 0.417 e. The second-order valence-electron chi connectivity index (χ2n) is 13.8. The van der Waals surface area contributed by atoms with Gasteiger partial charge in [-0.3, -0.25) is 14.4 Å². The molecule has 0 spiro atoms. The van der Waals surface area contributed by atoms with Gasteiger partial charge in [-0.1, -0.05) is 43.3 Å². The number of halogens is 3. The second kappa shape index (κ2) is 15.8. The Kier molecular flexibility index (Phi) is 10.4. The third-order valence-corrected chi connectivity index (χ3v) is 10.2. The Morgan fingerprint density at radius 3 is 2.53 bits per heavy atom. The summed E-state index contributed by atoms with van der Waals surface area (Å²) >= 11 is 0. The lowest BCUT2D eigenvalue weighted by Crippen LogP contribution is -2.51. The first kappa shape index (κ1) is 38.3. The first-order valence-electron chi connectivity index (χ1n) is 18.7. The molecule has 0 atom stereocenters. The van der Waals surface area contributed by atoms with Gasteiger partial charge in [-0.05, 0) is 49.1 Å². The van der Waals surface area contributed by atoms with Gasteiger partial charge in [0.2, 0.25) is 11.7 Å². The molecule has 4 aromatic heterocycles. The van der Waals surface area contributed by atoms with Crippen molar-refractivity contribution >= 4 is 45.5 Å². The van der Waals surface area contributed by atoms with E-state index in [9.17, 15) is 27.6 Å². The number of aromatic nitrogens is 6. The molecule has 2 aliphatic rings. The van der Waals surface area contributed by atoms with Gasteiger partial charge < -0.3 is 33.6 Å². The minimum absolute atomic E-state index is 0.0520. The molecule has 2 amide bonds. The molecule has 1 saturated heterocycles. The zero-order chi connectivity index (χ0) is 40.6.